The summed E-state index contributed by atoms with van der Waals surface area (Å²) in [6.07, 6.45) is -12.9. The summed E-state index contributed by atoms with van der Waals surface area (Å²) >= 11 is 0. The third-order valence-corrected chi connectivity index (χ3v) is 5.71. The number of aryl methyl sites for hydroxylation is 1. The summed E-state index contributed by atoms with van der Waals surface area (Å²) in [7, 11) is 0. The maximum absolute atomic E-state index is 10.3. The van der Waals surface area contributed by atoms with E-state index in [1.54, 1.807) is 25.1 Å². The van der Waals surface area contributed by atoms with Crippen molar-refractivity contribution in [3.63, 3.8) is 0 Å². The lowest BCUT2D eigenvalue weighted by Crippen LogP contribution is -2.58. The topological polar surface area (TPSA) is 180 Å². The first-order valence-corrected chi connectivity index (χ1v) is 9.92. The summed E-state index contributed by atoms with van der Waals surface area (Å²) < 4.78 is 10.9. The van der Waals surface area contributed by atoms with Crippen LogP contribution in [0.25, 0.3) is 0 Å². The van der Waals surface area contributed by atoms with Gasteiger partial charge in [-0.25, -0.2) is 0 Å². The smallest absolute Gasteiger partial charge is 0.147 e. The van der Waals surface area contributed by atoms with Crippen molar-refractivity contribution in [1.29, 1.82) is 0 Å². The maximum Gasteiger partial charge on any atom is 0.147 e. The quantitative estimate of drug-likeness (QED) is 0.222. The van der Waals surface area contributed by atoms with Crippen molar-refractivity contribution in [1.82, 2.24) is 0 Å². The molecule has 2 aliphatic rings. The first kappa shape index (κ1) is 24.0. The minimum atomic E-state index is -1.51. The molecule has 8 N–H and O–H groups in total. The van der Waals surface area contributed by atoms with Gasteiger partial charge in [0.15, 0.2) is 0 Å². The van der Waals surface area contributed by atoms with Crippen LogP contribution in [0.3, 0.4) is 0 Å². The van der Waals surface area contributed by atoms with Gasteiger partial charge in [-0.1, -0.05) is 24.0 Å². The number of hydrogen-bond acceptors (Lipinski definition) is 10. The molecule has 0 spiro atoms. The van der Waals surface area contributed by atoms with Gasteiger partial charge >= 0.3 is 0 Å². The highest BCUT2D eigenvalue weighted by molar-refractivity contribution is 5.44. The highest BCUT2D eigenvalue weighted by Crippen LogP contribution is 2.33. The minimum Gasteiger partial charge on any atom is -0.394 e. The number of hydrogen-bond donors (Lipinski definition) is 8. The predicted molar refractivity (Wildman–Crippen MR) is 105 cm³/mol. The molecule has 10 atom stereocenters. The van der Waals surface area contributed by atoms with Gasteiger partial charge < -0.3 is 50.3 Å². The molecule has 0 amide bonds. The fourth-order valence-corrected chi connectivity index (χ4v) is 3.75. The molecule has 2 saturated heterocycles. The molecule has 0 bridgehead atoms. The molecule has 0 aromatic heterocycles. The van der Waals surface area contributed by atoms with Gasteiger partial charge in [-0.05, 0) is 24.1 Å². The molecule has 2 fully saturated rings. The van der Waals surface area contributed by atoms with Gasteiger partial charge in [0.1, 0.15) is 61.0 Å². The Kier molecular flexibility index (Phi) is 7.67. The summed E-state index contributed by atoms with van der Waals surface area (Å²) in [5, 5.41) is 78.5. The lowest BCUT2D eigenvalue weighted by molar-refractivity contribution is -0.231. The molecule has 172 valence electrons. The van der Waals surface area contributed by atoms with E-state index < -0.39 is 74.3 Å². The minimum absolute atomic E-state index is 0.507. The molecule has 10 nitrogen and oxygen atoms in total. The lowest BCUT2D eigenvalue weighted by atomic mass is 9.90. The number of rotatable bonds is 3. The van der Waals surface area contributed by atoms with E-state index in [-0.39, 0.29) is 0 Å². The number of ether oxygens (including phenoxy) is 2. The van der Waals surface area contributed by atoms with Crippen molar-refractivity contribution in [3.05, 3.63) is 34.9 Å². The van der Waals surface area contributed by atoms with Crippen LogP contribution in [0.1, 0.15) is 22.8 Å². The highest BCUT2D eigenvalue weighted by Gasteiger charge is 2.44. The second-order valence-electron chi connectivity index (χ2n) is 7.84. The Bertz CT molecular complexity index is 816. The molecule has 1 aromatic rings. The molecule has 0 saturated carbocycles. The Hall–Kier alpha value is -1.62. The summed E-state index contributed by atoms with van der Waals surface area (Å²) in [6, 6.07) is 4.91. The third kappa shape index (κ3) is 4.76. The van der Waals surface area contributed by atoms with E-state index in [1.807, 2.05) is 0 Å². The van der Waals surface area contributed by atoms with Gasteiger partial charge in [0.25, 0.3) is 0 Å². The van der Waals surface area contributed by atoms with Crippen LogP contribution in [-0.2, 0) is 9.47 Å². The van der Waals surface area contributed by atoms with Crippen LogP contribution < -0.4 is 0 Å². The van der Waals surface area contributed by atoms with E-state index in [1.165, 1.54) is 0 Å². The second kappa shape index (κ2) is 9.89. The van der Waals surface area contributed by atoms with Crippen LogP contribution >= 0.6 is 0 Å². The lowest BCUT2D eigenvalue weighted by Gasteiger charge is -2.40. The van der Waals surface area contributed by atoms with E-state index in [2.05, 4.69) is 11.8 Å². The van der Waals surface area contributed by atoms with E-state index in [0.717, 1.165) is 0 Å². The van der Waals surface area contributed by atoms with Crippen LogP contribution in [0.5, 0.6) is 0 Å². The zero-order valence-corrected chi connectivity index (χ0v) is 16.8. The third-order valence-electron chi connectivity index (χ3n) is 5.71. The molecule has 0 unspecified atom stereocenters. The Morgan fingerprint density at radius 1 is 0.774 bits per heavy atom. The Morgan fingerprint density at radius 3 is 1.94 bits per heavy atom. The monoisotopic (exact) mass is 440 g/mol. The van der Waals surface area contributed by atoms with Crippen molar-refractivity contribution in [3.8, 4) is 11.8 Å². The molecule has 3 rings (SSSR count). The average molecular weight is 440 g/mol. The molecular weight excluding hydrogens is 412 g/mol. The second-order valence-corrected chi connectivity index (χ2v) is 7.84. The van der Waals surface area contributed by atoms with E-state index in [9.17, 15) is 40.9 Å². The molecule has 10 heteroatoms. The largest absolute Gasteiger partial charge is 0.394 e. The summed E-state index contributed by atoms with van der Waals surface area (Å²) in [5.41, 5.74) is 1.73. The van der Waals surface area contributed by atoms with E-state index >= 15 is 0 Å². The molecule has 0 aliphatic carbocycles. The normalized spacial score (nSPS) is 40.8. The fraction of sp³-hybridized carbons (Fsp3) is 0.619. The Labute approximate surface area is 178 Å². The zero-order valence-electron chi connectivity index (χ0n) is 16.8. The van der Waals surface area contributed by atoms with Gasteiger partial charge in [-0.3, -0.25) is 0 Å². The first-order chi connectivity index (χ1) is 14.7. The van der Waals surface area contributed by atoms with Gasteiger partial charge in [0, 0.05) is 5.56 Å². The summed E-state index contributed by atoms with van der Waals surface area (Å²) in [6.45, 7) is 0.670. The van der Waals surface area contributed by atoms with Gasteiger partial charge in [0.05, 0.1) is 13.2 Å². The molecule has 2 heterocycles. The average Bonchev–Trinajstić information content (AvgIpc) is 2.76. The SMILES string of the molecule is Cc1cc([C@H]2O[C@H](CO)[C@@H](O)[C@H](O)[C@@H]2O)ccc1C#C[C@H]1O[C@H](CO)[C@@H](O)[C@H](O)[C@@H]1O. The van der Waals surface area contributed by atoms with Crippen molar-refractivity contribution >= 4 is 0 Å². The fourth-order valence-electron chi connectivity index (χ4n) is 3.75. The van der Waals surface area contributed by atoms with Crippen LogP contribution in [0, 0.1) is 18.8 Å². The number of aliphatic hydroxyl groups is 8. The van der Waals surface area contributed by atoms with Crippen LogP contribution in [0.15, 0.2) is 18.2 Å². The number of benzene rings is 1. The Balaban J connectivity index is 1.79. The van der Waals surface area contributed by atoms with Gasteiger partial charge in [-0.15, -0.1) is 0 Å². The van der Waals surface area contributed by atoms with Crippen molar-refractivity contribution < 1.29 is 50.3 Å². The Morgan fingerprint density at radius 2 is 1.35 bits per heavy atom. The molecular formula is C21H28O10. The zero-order chi connectivity index (χ0) is 22.9. The van der Waals surface area contributed by atoms with Crippen molar-refractivity contribution in [2.24, 2.45) is 0 Å². The standard InChI is InChI=1S/C21H28O10/c1-9-6-11(21-20(29)19(28)17(26)14(8-23)31-21)3-2-10(9)4-5-12-15(24)18(27)16(25)13(7-22)30-12/h2-3,6,12-29H,7-8H2,1H3/t12-,13-,14-,15-,16-,17-,18-,19+,20+,21-/m1/s1. The summed E-state index contributed by atoms with van der Waals surface area (Å²) in [5.74, 6) is 5.52. The first-order valence-electron chi connectivity index (χ1n) is 9.92. The van der Waals surface area contributed by atoms with E-state index in [4.69, 9.17) is 9.47 Å². The highest BCUT2D eigenvalue weighted by atomic mass is 16.5. The van der Waals surface area contributed by atoms with E-state index in [0.29, 0.717) is 16.7 Å². The molecule has 2 aliphatic heterocycles. The van der Waals surface area contributed by atoms with Crippen LogP contribution in [0.4, 0.5) is 0 Å². The predicted octanol–water partition coefficient (Wildman–Crippen LogP) is -3.30. The molecule has 1 aromatic carbocycles. The maximum atomic E-state index is 10.3. The van der Waals surface area contributed by atoms with Crippen molar-refractivity contribution in [2.45, 2.75) is 68.0 Å². The van der Waals surface area contributed by atoms with Gasteiger partial charge in [-0.2, -0.15) is 0 Å². The number of aliphatic hydroxyl groups excluding tert-OH is 8. The van der Waals surface area contributed by atoms with Crippen LogP contribution in [-0.4, -0.2) is 109 Å². The molecule has 31 heavy (non-hydrogen) atoms. The van der Waals surface area contributed by atoms with Crippen LogP contribution in [0.2, 0.25) is 0 Å². The summed E-state index contributed by atoms with van der Waals surface area (Å²) in [4.78, 5) is 0. The van der Waals surface area contributed by atoms with Gasteiger partial charge in [0.2, 0.25) is 0 Å². The van der Waals surface area contributed by atoms with Crippen molar-refractivity contribution in [2.75, 3.05) is 13.2 Å². The molecule has 0 radical (unpaired) electrons.